The molecule has 1 unspecified atom stereocenters. The molecule has 0 radical (unpaired) electrons. The number of benzene rings is 1. The van der Waals surface area contributed by atoms with E-state index in [0.717, 1.165) is 62.7 Å². The molecule has 2 saturated heterocycles. The summed E-state index contributed by atoms with van der Waals surface area (Å²) in [5, 5.41) is 0.674. The number of fused-ring (bicyclic) bond motifs is 1. The first-order valence-electron chi connectivity index (χ1n) is 12.3. The number of rotatable bonds is 7. The third-order valence-electron chi connectivity index (χ3n) is 7.50. The van der Waals surface area contributed by atoms with Crippen LogP contribution in [0.1, 0.15) is 25.3 Å². The molecule has 2 N–H and O–H groups in total. The Morgan fingerprint density at radius 3 is 2.74 bits per heavy atom. The van der Waals surface area contributed by atoms with Crippen LogP contribution >= 0.6 is 0 Å². The van der Waals surface area contributed by atoms with Crippen molar-refractivity contribution in [1.82, 2.24) is 19.4 Å². The molecule has 3 aromatic rings. The van der Waals surface area contributed by atoms with Gasteiger partial charge in [0.05, 0.1) is 11.5 Å². The van der Waals surface area contributed by atoms with Crippen molar-refractivity contribution in [2.45, 2.75) is 31.4 Å². The van der Waals surface area contributed by atoms with Crippen molar-refractivity contribution < 1.29 is 18.4 Å². The molecule has 3 aliphatic rings. The quantitative estimate of drug-likeness (QED) is 0.499. The highest BCUT2D eigenvalue weighted by Gasteiger charge is 2.35. The number of hydrogen-bond donors (Lipinski definition) is 1. The maximum atomic E-state index is 15.6. The van der Waals surface area contributed by atoms with E-state index in [4.69, 9.17) is 15.2 Å². The molecule has 1 saturated carbocycles. The summed E-state index contributed by atoms with van der Waals surface area (Å²) >= 11 is -0.653. The predicted octanol–water partition coefficient (Wildman–Crippen LogP) is 3.00. The van der Waals surface area contributed by atoms with Crippen LogP contribution in [-0.4, -0.2) is 74.4 Å². The average Bonchev–Trinajstić information content (AvgIpc) is 3.17. The summed E-state index contributed by atoms with van der Waals surface area (Å²) in [6.45, 7) is 3.94. The number of halogens is 1. The van der Waals surface area contributed by atoms with Crippen molar-refractivity contribution in [3.63, 3.8) is 0 Å². The van der Waals surface area contributed by atoms with Crippen molar-refractivity contribution >= 4 is 28.0 Å². The largest absolute Gasteiger partial charge is 0.616 e. The van der Waals surface area contributed by atoms with Crippen LogP contribution < -0.4 is 10.5 Å². The monoisotopic (exact) mass is 499 g/mol. The fourth-order valence-electron chi connectivity index (χ4n) is 5.32. The summed E-state index contributed by atoms with van der Waals surface area (Å²) in [7, 11) is 0. The van der Waals surface area contributed by atoms with Gasteiger partial charge in [0.1, 0.15) is 35.9 Å². The molecule has 4 heterocycles. The highest BCUT2D eigenvalue weighted by atomic mass is 32.2. The van der Waals surface area contributed by atoms with Crippen LogP contribution in [0.2, 0.25) is 0 Å². The molecule has 0 amide bonds. The second kappa shape index (κ2) is 9.57. The van der Waals surface area contributed by atoms with Gasteiger partial charge in [-0.25, -0.2) is 14.4 Å². The third kappa shape index (κ3) is 4.48. The Hall–Kier alpha value is -2.40. The van der Waals surface area contributed by atoms with Gasteiger partial charge in [-0.05, 0) is 24.8 Å². The molecule has 6 rings (SSSR count). The zero-order chi connectivity index (χ0) is 23.9. The molecular formula is C25H30FN5O3S. The van der Waals surface area contributed by atoms with E-state index < -0.39 is 17.0 Å². The lowest BCUT2D eigenvalue weighted by Gasteiger charge is -2.40. The normalized spacial score (nSPS) is 25.4. The van der Waals surface area contributed by atoms with Crippen LogP contribution in [0.4, 0.5) is 10.2 Å². The Bertz CT molecular complexity index is 1210. The van der Waals surface area contributed by atoms with Gasteiger partial charge in [-0.1, -0.05) is 23.3 Å². The Labute approximate surface area is 206 Å². The smallest absolute Gasteiger partial charge is 0.172 e. The third-order valence-corrected chi connectivity index (χ3v) is 8.78. The Morgan fingerprint density at radius 1 is 1.20 bits per heavy atom. The number of nitrogens with zero attached hydrogens (tertiary/aromatic N) is 4. The minimum atomic E-state index is -0.653. The Balaban J connectivity index is 1.24. The molecule has 186 valence electrons. The standard InChI is InChI=1S/C25H30FN5O3S/c26-23-19(2-1-3-21(23)34-14-18-4-7-33-18)20-13-31(25-22(20)24(27)28-15-29-25)17-10-16(11-17)12-30-5-8-35(32)9-6-30/h1-3,13,15-18H,4-12,14H2,(H2,27,28,29)/t16-,17+,18?. The van der Waals surface area contributed by atoms with Gasteiger partial charge in [0.2, 0.25) is 0 Å². The van der Waals surface area contributed by atoms with Gasteiger partial charge >= 0.3 is 0 Å². The number of nitrogen functional groups attached to an aromatic ring is 1. The van der Waals surface area contributed by atoms with Gasteiger partial charge in [0.15, 0.2) is 11.6 Å². The molecule has 1 aromatic carbocycles. The minimum absolute atomic E-state index is 0.0302. The topological polar surface area (TPSA) is 101 Å². The zero-order valence-corrected chi connectivity index (χ0v) is 20.4. The van der Waals surface area contributed by atoms with Crippen LogP contribution in [0.15, 0.2) is 30.7 Å². The molecule has 0 bridgehead atoms. The summed E-state index contributed by atoms with van der Waals surface area (Å²) in [4.78, 5) is 11.1. The number of hydrogen-bond acceptors (Lipinski definition) is 7. The average molecular weight is 500 g/mol. The molecule has 1 aliphatic carbocycles. The molecule has 0 spiro atoms. The number of anilines is 1. The van der Waals surface area contributed by atoms with Gasteiger partial charge in [0.25, 0.3) is 0 Å². The van der Waals surface area contributed by atoms with Crippen molar-refractivity contribution in [2.24, 2.45) is 5.92 Å². The number of nitrogens with two attached hydrogens (primary N) is 1. The van der Waals surface area contributed by atoms with Gasteiger partial charge in [-0.3, -0.25) is 4.90 Å². The van der Waals surface area contributed by atoms with Gasteiger partial charge in [-0.15, -0.1) is 0 Å². The molecule has 10 heteroatoms. The van der Waals surface area contributed by atoms with E-state index in [9.17, 15) is 4.55 Å². The van der Waals surface area contributed by atoms with Crippen LogP contribution in [0, 0.1) is 11.7 Å². The Kier molecular flexibility index (Phi) is 6.30. The summed E-state index contributed by atoms with van der Waals surface area (Å²) in [6.07, 6.45) is 6.46. The number of ether oxygens (including phenoxy) is 2. The molecular weight excluding hydrogens is 469 g/mol. The highest BCUT2D eigenvalue weighted by molar-refractivity contribution is 7.91. The fourth-order valence-corrected chi connectivity index (χ4v) is 6.45. The predicted molar refractivity (Wildman–Crippen MR) is 133 cm³/mol. The lowest BCUT2D eigenvalue weighted by atomic mass is 9.79. The van der Waals surface area contributed by atoms with E-state index >= 15 is 4.39 Å². The van der Waals surface area contributed by atoms with E-state index in [1.54, 1.807) is 18.2 Å². The van der Waals surface area contributed by atoms with E-state index in [-0.39, 0.29) is 17.9 Å². The minimum Gasteiger partial charge on any atom is -0.616 e. The molecule has 3 fully saturated rings. The Morgan fingerprint density at radius 2 is 2.00 bits per heavy atom. The highest BCUT2D eigenvalue weighted by Crippen LogP contribution is 2.44. The summed E-state index contributed by atoms with van der Waals surface area (Å²) in [6, 6.07) is 5.47. The summed E-state index contributed by atoms with van der Waals surface area (Å²) in [5.41, 5.74) is 8.12. The maximum Gasteiger partial charge on any atom is 0.172 e. The van der Waals surface area contributed by atoms with E-state index in [1.165, 1.54) is 6.33 Å². The van der Waals surface area contributed by atoms with Crippen LogP contribution in [0.5, 0.6) is 5.75 Å². The van der Waals surface area contributed by atoms with Crippen molar-refractivity contribution in [1.29, 1.82) is 0 Å². The van der Waals surface area contributed by atoms with Crippen LogP contribution in [0.3, 0.4) is 0 Å². The first kappa shape index (κ1) is 23.0. The number of aromatic nitrogens is 3. The second-order valence-electron chi connectivity index (χ2n) is 9.76. The van der Waals surface area contributed by atoms with E-state index in [1.807, 2.05) is 6.20 Å². The lowest BCUT2D eigenvalue weighted by Crippen LogP contribution is -2.45. The van der Waals surface area contributed by atoms with Gasteiger partial charge < -0.3 is 24.3 Å². The lowest BCUT2D eigenvalue weighted by molar-refractivity contribution is -0.0725. The molecule has 2 aliphatic heterocycles. The van der Waals surface area contributed by atoms with Crippen LogP contribution in [0.25, 0.3) is 22.2 Å². The maximum absolute atomic E-state index is 15.6. The summed E-state index contributed by atoms with van der Waals surface area (Å²) in [5.74, 6) is 2.28. The van der Waals surface area contributed by atoms with E-state index in [2.05, 4.69) is 19.4 Å². The van der Waals surface area contributed by atoms with Crippen LogP contribution in [-0.2, 0) is 15.9 Å². The molecule has 1 atom stereocenters. The first-order chi connectivity index (χ1) is 17.1. The first-order valence-corrected chi connectivity index (χ1v) is 13.8. The second-order valence-corrected chi connectivity index (χ2v) is 11.5. The SMILES string of the molecule is Nc1ncnc2c1c(-c1cccc(OCC3CCO3)c1F)cn2[C@H]1C[C@@H](CN2CC[S+]([O-])CC2)C1. The van der Waals surface area contributed by atoms with Crippen molar-refractivity contribution in [2.75, 3.05) is 50.1 Å². The summed E-state index contributed by atoms with van der Waals surface area (Å²) < 4.78 is 40.5. The zero-order valence-electron chi connectivity index (χ0n) is 19.6. The molecule has 35 heavy (non-hydrogen) atoms. The molecule has 8 nitrogen and oxygen atoms in total. The van der Waals surface area contributed by atoms with Gasteiger partial charge in [-0.2, -0.15) is 0 Å². The van der Waals surface area contributed by atoms with Crippen molar-refractivity contribution in [3.05, 3.63) is 36.5 Å². The molecule has 2 aromatic heterocycles. The van der Waals surface area contributed by atoms with Crippen molar-refractivity contribution in [3.8, 4) is 16.9 Å². The van der Waals surface area contributed by atoms with E-state index in [0.29, 0.717) is 34.9 Å². The van der Waals surface area contributed by atoms with Gasteiger partial charge in [0, 0.05) is 56.0 Å². The fraction of sp³-hybridized carbons (Fsp3) is 0.520.